The average molecular weight is 225 g/mol. The summed E-state index contributed by atoms with van der Waals surface area (Å²) in [6, 6.07) is 1.53. The van der Waals surface area contributed by atoms with Gasteiger partial charge in [0, 0.05) is 12.7 Å². The third-order valence-corrected chi connectivity index (χ3v) is 2.24. The molecule has 88 valence electrons. The maximum Gasteiger partial charge on any atom is 0.308 e. The minimum Gasteiger partial charge on any atom is -0.481 e. The highest BCUT2D eigenvalue weighted by atomic mass is 16.4. The van der Waals surface area contributed by atoms with E-state index in [1.807, 2.05) is 6.92 Å². The number of rotatable bonds is 6. The minimum absolute atomic E-state index is 0.140. The Balaban J connectivity index is 2.43. The third kappa shape index (κ3) is 3.38. The molecule has 1 aromatic heterocycles. The fourth-order valence-electron chi connectivity index (χ4n) is 1.35. The second kappa shape index (κ2) is 5.89. The van der Waals surface area contributed by atoms with Crippen LogP contribution in [-0.2, 0) is 4.79 Å². The highest BCUT2D eigenvalue weighted by Gasteiger charge is 2.17. The predicted molar refractivity (Wildman–Crippen MR) is 57.0 cm³/mol. The second-order valence-electron chi connectivity index (χ2n) is 3.50. The van der Waals surface area contributed by atoms with Crippen molar-refractivity contribution < 1.29 is 14.7 Å². The molecule has 0 aliphatic carbocycles. The molecule has 0 radical (unpaired) electrons. The molecular weight excluding hydrogens is 210 g/mol. The molecule has 0 aromatic carbocycles. The summed E-state index contributed by atoms with van der Waals surface area (Å²) in [5, 5.41) is 17.6. The predicted octanol–water partition coefficient (Wildman–Crippen LogP) is 0.640. The van der Waals surface area contributed by atoms with Gasteiger partial charge in [-0.2, -0.15) is 5.10 Å². The summed E-state index contributed by atoms with van der Waals surface area (Å²) in [4.78, 5) is 22.3. The number of H-pyrrole nitrogens is 1. The molecular formula is C10H15N3O3. The molecule has 0 aliphatic heterocycles. The Bertz CT molecular complexity index is 348. The van der Waals surface area contributed by atoms with Gasteiger partial charge in [0.15, 0.2) is 0 Å². The molecule has 0 bridgehead atoms. The van der Waals surface area contributed by atoms with Gasteiger partial charge in [0.25, 0.3) is 5.91 Å². The van der Waals surface area contributed by atoms with Crippen molar-refractivity contribution in [2.45, 2.75) is 19.8 Å². The summed E-state index contributed by atoms with van der Waals surface area (Å²) in [7, 11) is 0. The molecule has 1 amide bonds. The van der Waals surface area contributed by atoms with Crippen molar-refractivity contribution in [2.75, 3.05) is 6.54 Å². The molecule has 0 fully saturated rings. The molecule has 0 saturated heterocycles. The summed E-state index contributed by atoms with van der Waals surface area (Å²) in [6.07, 6.45) is 2.80. The fourth-order valence-corrected chi connectivity index (χ4v) is 1.35. The van der Waals surface area contributed by atoms with Crippen LogP contribution in [0.25, 0.3) is 0 Å². The summed E-state index contributed by atoms with van der Waals surface area (Å²) in [5.41, 5.74) is 0.334. The van der Waals surface area contributed by atoms with Crippen LogP contribution in [0.15, 0.2) is 12.3 Å². The third-order valence-electron chi connectivity index (χ3n) is 2.24. The molecule has 0 aliphatic rings. The monoisotopic (exact) mass is 225 g/mol. The average Bonchev–Trinajstić information content (AvgIpc) is 2.76. The standard InChI is InChI=1S/C10H15N3O3/c1-2-3-7(10(15)16)6-11-9(14)8-4-5-12-13-8/h4-5,7H,2-3,6H2,1H3,(H,11,14)(H,12,13)(H,15,16). The Morgan fingerprint density at radius 3 is 2.88 bits per heavy atom. The summed E-state index contributed by atoms with van der Waals surface area (Å²) >= 11 is 0. The molecule has 0 spiro atoms. The maximum absolute atomic E-state index is 11.5. The van der Waals surface area contributed by atoms with E-state index in [0.29, 0.717) is 12.1 Å². The van der Waals surface area contributed by atoms with E-state index in [1.165, 1.54) is 12.3 Å². The quantitative estimate of drug-likeness (QED) is 0.662. The number of hydrogen-bond acceptors (Lipinski definition) is 3. The molecule has 1 aromatic rings. The molecule has 1 heterocycles. The Labute approximate surface area is 93.1 Å². The number of nitrogens with one attached hydrogen (secondary N) is 2. The largest absolute Gasteiger partial charge is 0.481 e. The van der Waals surface area contributed by atoms with Crippen molar-refractivity contribution in [3.63, 3.8) is 0 Å². The fraction of sp³-hybridized carbons (Fsp3) is 0.500. The smallest absolute Gasteiger partial charge is 0.308 e. The van der Waals surface area contributed by atoms with Gasteiger partial charge < -0.3 is 10.4 Å². The first kappa shape index (κ1) is 12.2. The van der Waals surface area contributed by atoms with Crippen molar-refractivity contribution in [2.24, 2.45) is 5.92 Å². The highest BCUT2D eigenvalue weighted by Crippen LogP contribution is 2.05. The van der Waals surface area contributed by atoms with E-state index in [0.717, 1.165) is 6.42 Å². The number of nitrogens with zero attached hydrogens (tertiary/aromatic N) is 1. The summed E-state index contributed by atoms with van der Waals surface area (Å²) in [5.74, 6) is -1.75. The number of amides is 1. The Kier molecular flexibility index (Phi) is 4.50. The number of carboxylic acids is 1. The van der Waals surface area contributed by atoms with Crippen LogP contribution in [0.1, 0.15) is 30.3 Å². The Morgan fingerprint density at radius 2 is 2.38 bits per heavy atom. The second-order valence-corrected chi connectivity index (χ2v) is 3.50. The first-order valence-corrected chi connectivity index (χ1v) is 5.15. The molecule has 1 unspecified atom stereocenters. The summed E-state index contributed by atoms with van der Waals surface area (Å²) < 4.78 is 0. The molecule has 16 heavy (non-hydrogen) atoms. The highest BCUT2D eigenvalue weighted by molar-refractivity contribution is 5.92. The number of aromatic nitrogens is 2. The molecule has 1 atom stereocenters. The van der Waals surface area contributed by atoms with Crippen LogP contribution < -0.4 is 5.32 Å². The number of carbonyl (C=O) groups is 2. The van der Waals surface area contributed by atoms with Crippen molar-refractivity contribution in [1.29, 1.82) is 0 Å². The lowest BCUT2D eigenvalue weighted by Gasteiger charge is -2.11. The van der Waals surface area contributed by atoms with Gasteiger partial charge in [0.2, 0.25) is 0 Å². The van der Waals surface area contributed by atoms with E-state index in [2.05, 4.69) is 15.5 Å². The van der Waals surface area contributed by atoms with Crippen molar-refractivity contribution >= 4 is 11.9 Å². The number of carbonyl (C=O) groups excluding carboxylic acids is 1. The van der Waals surface area contributed by atoms with Gasteiger partial charge in [-0.15, -0.1) is 0 Å². The van der Waals surface area contributed by atoms with Crippen LogP contribution in [0.4, 0.5) is 0 Å². The Morgan fingerprint density at radius 1 is 1.62 bits per heavy atom. The van der Waals surface area contributed by atoms with Crippen molar-refractivity contribution in [3.05, 3.63) is 18.0 Å². The lowest BCUT2D eigenvalue weighted by molar-refractivity contribution is -0.141. The van der Waals surface area contributed by atoms with Crippen molar-refractivity contribution in [1.82, 2.24) is 15.5 Å². The first-order valence-electron chi connectivity index (χ1n) is 5.15. The van der Waals surface area contributed by atoms with Crippen LogP contribution >= 0.6 is 0 Å². The lowest BCUT2D eigenvalue weighted by atomic mass is 10.0. The normalized spacial score (nSPS) is 12.1. The summed E-state index contributed by atoms with van der Waals surface area (Å²) in [6.45, 7) is 2.05. The molecule has 6 nitrogen and oxygen atoms in total. The number of carboxylic acid groups (broad SMARTS) is 1. The number of aliphatic carboxylic acids is 1. The van der Waals surface area contributed by atoms with E-state index in [-0.39, 0.29) is 12.5 Å². The van der Waals surface area contributed by atoms with Gasteiger partial charge in [-0.1, -0.05) is 13.3 Å². The topological polar surface area (TPSA) is 95.1 Å². The van der Waals surface area contributed by atoms with E-state index in [9.17, 15) is 9.59 Å². The van der Waals surface area contributed by atoms with E-state index < -0.39 is 11.9 Å². The van der Waals surface area contributed by atoms with Gasteiger partial charge >= 0.3 is 5.97 Å². The minimum atomic E-state index is -0.883. The van der Waals surface area contributed by atoms with Gasteiger partial charge in [-0.05, 0) is 12.5 Å². The lowest BCUT2D eigenvalue weighted by Crippen LogP contribution is -2.33. The van der Waals surface area contributed by atoms with Gasteiger partial charge in [0.1, 0.15) is 5.69 Å². The molecule has 3 N–H and O–H groups in total. The first-order chi connectivity index (χ1) is 7.65. The molecule has 6 heteroatoms. The van der Waals surface area contributed by atoms with Crippen molar-refractivity contribution in [3.8, 4) is 0 Å². The number of hydrogen-bond donors (Lipinski definition) is 3. The van der Waals surface area contributed by atoms with Crippen LogP contribution in [-0.4, -0.2) is 33.7 Å². The van der Waals surface area contributed by atoms with Gasteiger partial charge in [-0.3, -0.25) is 14.7 Å². The number of aromatic amines is 1. The van der Waals surface area contributed by atoms with Gasteiger partial charge in [0.05, 0.1) is 5.92 Å². The van der Waals surface area contributed by atoms with E-state index >= 15 is 0 Å². The van der Waals surface area contributed by atoms with Gasteiger partial charge in [-0.25, -0.2) is 0 Å². The van der Waals surface area contributed by atoms with E-state index in [4.69, 9.17) is 5.11 Å². The Hall–Kier alpha value is -1.85. The molecule has 1 rings (SSSR count). The van der Waals surface area contributed by atoms with Crippen LogP contribution in [0.5, 0.6) is 0 Å². The zero-order valence-corrected chi connectivity index (χ0v) is 9.06. The zero-order valence-electron chi connectivity index (χ0n) is 9.06. The molecule has 0 saturated carbocycles. The van der Waals surface area contributed by atoms with Crippen LogP contribution in [0, 0.1) is 5.92 Å². The van der Waals surface area contributed by atoms with E-state index in [1.54, 1.807) is 0 Å². The van der Waals surface area contributed by atoms with Crippen LogP contribution in [0.2, 0.25) is 0 Å². The van der Waals surface area contributed by atoms with Crippen LogP contribution in [0.3, 0.4) is 0 Å². The SMILES string of the molecule is CCCC(CNC(=O)c1ccn[nH]1)C(=O)O. The maximum atomic E-state index is 11.5. The zero-order chi connectivity index (χ0) is 12.0.